The average Bonchev–Trinajstić information content (AvgIpc) is 3.34. The maximum Gasteiger partial charge on any atom is 0.275 e. The summed E-state index contributed by atoms with van der Waals surface area (Å²) in [5, 5.41) is 15.0. The first kappa shape index (κ1) is 25.9. The molecule has 0 unspecified atom stereocenters. The Morgan fingerprint density at radius 1 is 1.19 bits per heavy atom. The SMILES string of the molecule is CC(C)(O)CCN=Cc1cc(NC(=O)c2csc(-c3ccc(F)nc3)n2)c(-c2ccnc(N)c2)cc1N. The number of nitrogen functional groups attached to an aromatic ring is 2. The Kier molecular flexibility index (Phi) is 7.55. The van der Waals surface area contributed by atoms with Gasteiger partial charge in [-0.25, -0.2) is 15.0 Å². The zero-order valence-corrected chi connectivity index (χ0v) is 21.1. The monoisotopic (exact) mass is 519 g/mol. The van der Waals surface area contributed by atoms with Crippen LogP contribution in [-0.4, -0.2) is 44.3 Å². The van der Waals surface area contributed by atoms with Gasteiger partial charge in [0.1, 0.15) is 16.5 Å². The Morgan fingerprint density at radius 3 is 2.70 bits per heavy atom. The molecule has 0 aliphatic heterocycles. The minimum Gasteiger partial charge on any atom is -0.398 e. The zero-order chi connectivity index (χ0) is 26.6. The number of halogens is 1. The van der Waals surface area contributed by atoms with Crippen LogP contribution in [-0.2, 0) is 0 Å². The summed E-state index contributed by atoms with van der Waals surface area (Å²) in [5.74, 6) is -0.705. The van der Waals surface area contributed by atoms with Crippen molar-refractivity contribution in [2.45, 2.75) is 25.9 Å². The van der Waals surface area contributed by atoms with E-state index in [-0.39, 0.29) is 5.69 Å². The largest absolute Gasteiger partial charge is 0.398 e. The summed E-state index contributed by atoms with van der Waals surface area (Å²) in [6, 6.07) is 9.70. The van der Waals surface area contributed by atoms with Gasteiger partial charge < -0.3 is 21.9 Å². The number of aliphatic hydroxyl groups is 1. The number of nitrogens with zero attached hydrogens (tertiary/aromatic N) is 4. The van der Waals surface area contributed by atoms with Crippen molar-refractivity contribution in [3.63, 3.8) is 0 Å². The second-order valence-electron chi connectivity index (χ2n) is 8.96. The number of carbonyl (C=O) groups excluding carboxylic acids is 1. The van der Waals surface area contributed by atoms with Gasteiger partial charge in [0.05, 0.1) is 5.60 Å². The number of hydrogen-bond donors (Lipinski definition) is 4. The van der Waals surface area contributed by atoms with E-state index in [9.17, 15) is 14.3 Å². The molecule has 190 valence electrons. The van der Waals surface area contributed by atoms with Crippen LogP contribution < -0.4 is 16.8 Å². The van der Waals surface area contributed by atoms with E-state index in [0.717, 1.165) is 5.56 Å². The molecule has 0 fully saturated rings. The lowest BCUT2D eigenvalue weighted by Crippen LogP contribution is -2.19. The Hall–Kier alpha value is -4.22. The number of aromatic nitrogens is 3. The van der Waals surface area contributed by atoms with Crippen LogP contribution in [0.4, 0.5) is 21.6 Å². The van der Waals surface area contributed by atoms with Gasteiger partial charge in [0.15, 0.2) is 0 Å². The molecule has 11 heteroatoms. The van der Waals surface area contributed by atoms with Gasteiger partial charge in [0.2, 0.25) is 5.95 Å². The lowest BCUT2D eigenvalue weighted by atomic mass is 10.0. The summed E-state index contributed by atoms with van der Waals surface area (Å²) in [6.07, 6.45) is 5.04. The number of amides is 1. The predicted molar refractivity (Wildman–Crippen MR) is 145 cm³/mol. The van der Waals surface area contributed by atoms with Crippen LogP contribution in [0.2, 0.25) is 0 Å². The summed E-state index contributed by atoms with van der Waals surface area (Å²) in [6.45, 7) is 3.85. The highest BCUT2D eigenvalue weighted by Gasteiger charge is 2.17. The number of nitrogens with two attached hydrogens (primary N) is 2. The fourth-order valence-electron chi connectivity index (χ4n) is 3.40. The molecule has 6 N–H and O–H groups in total. The third-order valence-electron chi connectivity index (χ3n) is 5.36. The minimum absolute atomic E-state index is 0.196. The summed E-state index contributed by atoms with van der Waals surface area (Å²) in [4.78, 5) is 29.6. The zero-order valence-electron chi connectivity index (χ0n) is 20.3. The van der Waals surface area contributed by atoms with Gasteiger partial charge in [0, 0.05) is 58.6 Å². The van der Waals surface area contributed by atoms with Crippen molar-refractivity contribution in [2.75, 3.05) is 23.3 Å². The lowest BCUT2D eigenvalue weighted by molar-refractivity contribution is 0.0739. The lowest BCUT2D eigenvalue weighted by Gasteiger charge is -2.15. The van der Waals surface area contributed by atoms with Gasteiger partial charge in [0.25, 0.3) is 5.91 Å². The van der Waals surface area contributed by atoms with Crippen LogP contribution in [0.25, 0.3) is 21.7 Å². The van der Waals surface area contributed by atoms with Crippen molar-refractivity contribution in [3.05, 3.63) is 71.4 Å². The maximum atomic E-state index is 13.2. The molecule has 3 heterocycles. The number of aliphatic imine (C=N–C) groups is 1. The number of anilines is 3. The number of pyridine rings is 2. The first-order chi connectivity index (χ1) is 17.6. The molecule has 4 aromatic rings. The molecule has 1 amide bonds. The van der Waals surface area contributed by atoms with Crippen LogP contribution >= 0.6 is 11.3 Å². The normalized spacial score (nSPS) is 11.7. The van der Waals surface area contributed by atoms with E-state index in [4.69, 9.17) is 11.5 Å². The third-order valence-corrected chi connectivity index (χ3v) is 6.25. The number of hydrogen-bond acceptors (Lipinski definition) is 9. The van der Waals surface area contributed by atoms with E-state index >= 15 is 0 Å². The first-order valence-electron chi connectivity index (χ1n) is 11.4. The summed E-state index contributed by atoms with van der Waals surface area (Å²) in [7, 11) is 0. The Bertz CT molecular complexity index is 1450. The molecule has 4 rings (SSSR count). The van der Waals surface area contributed by atoms with Gasteiger partial charge in [-0.1, -0.05) is 0 Å². The van der Waals surface area contributed by atoms with Crippen molar-refractivity contribution >= 4 is 40.7 Å². The van der Waals surface area contributed by atoms with E-state index in [1.54, 1.807) is 62.0 Å². The van der Waals surface area contributed by atoms with Gasteiger partial charge in [-0.2, -0.15) is 4.39 Å². The Morgan fingerprint density at radius 2 is 2.00 bits per heavy atom. The van der Waals surface area contributed by atoms with E-state index < -0.39 is 17.5 Å². The van der Waals surface area contributed by atoms with Crippen molar-refractivity contribution in [1.82, 2.24) is 15.0 Å². The molecule has 0 spiro atoms. The Labute approximate surface area is 217 Å². The fourth-order valence-corrected chi connectivity index (χ4v) is 4.19. The first-order valence-corrected chi connectivity index (χ1v) is 12.2. The molecule has 0 bridgehead atoms. The highest BCUT2D eigenvalue weighted by Crippen LogP contribution is 2.33. The van der Waals surface area contributed by atoms with Crippen molar-refractivity contribution < 1.29 is 14.3 Å². The molecule has 9 nitrogen and oxygen atoms in total. The molecule has 3 aromatic heterocycles. The summed E-state index contributed by atoms with van der Waals surface area (Å²) >= 11 is 1.25. The minimum atomic E-state index is -0.830. The van der Waals surface area contributed by atoms with Gasteiger partial charge in [-0.05, 0) is 62.2 Å². The van der Waals surface area contributed by atoms with Gasteiger partial charge in [-0.15, -0.1) is 11.3 Å². The van der Waals surface area contributed by atoms with Crippen LogP contribution in [0.1, 0.15) is 36.3 Å². The van der Waals surface area contributed by atoms with E-state index in [1.165, 1.54) is 23.6 Å². The molecule has 0 atom stereocenters. The molecule has 1 aromatic carbocycles. The molecule has 0 aliphatic rings. The standard InChI is InChI=1S/C26H26FN7O2S/c1-26(2,36)6-8-30-12-17-9-20(18(11-19(17)28)15-5-7-31-23(29)10-15)33-24(35)21-14-37-25(34-21)16-3-4-22(27)32-13-16/h3-5,7,9-14,36H,6,8,28H2,1-2H3,(H2,29,31)(H,33,35). The van der Waals surface area contributed by atoms with E-state index in [0.29, 0.717) is 51.9 Å². The summed E-state index contributed by atoms with van der Waals surface area (Å²) in [5.41, 5.74) is 15.1. The van der Waals surface area contributed by atoms with Crippen LogP contribution in [0, 0.1) is 5.95 Å². The van der Waals surface area contributed by atoms with Crippen LogP contribution in [0.15, 0.2) is 59.2 Å². The molecule has 37 heavy (non-hydrogen) atoms. The number of carbonyl (C=O) groups is 1. The van der Waals surface area contributed by atoms with E-state index in [2.05, 4.69) is 25.3 Å². The highest BCUT2D eigenvalue weighted by atomic mass is 32.1. The number of nitrogens with one attached hydrogen (secondary N) is 1. The Balaban J connectivity index is 1.65. The van der Waals surface area contributed by atoms with Crippen molar-refractivity contribution in [3.8, 4) is 21.7 Å². The maximum absolute atomic E-state index is 13.2. The van der Waals surface area contributed by atoms with E-state index in [1.807, 2.05) is 0 Å². The van der Waals surface area contributed by atoms with Crippen LogP contribution in [0.5, 0.6) is 0 Å². The third kappa shape index (κ3) is 6.72. The second-order valence-corrected chi connectivity index (χ2v) is 9.81. The molecular weight excluding hydrogens is 493 g/mol. The van der Waals surface area contributed by atoms with Crippen molar-refractivity contribution in [2.24, 2.45) is 4.99 Å². The highest BCUT2D eigenvalue weighted by molar-refractivity contribution is 7.13. The molecular formula is C26H26FN7O2S. The second kappa shape index (κ2) is 10.8. The van der Waals surface area contributed by atoms with Crippen molar-refractivity contribution in [1.29, 1.82) is 0 Å². The molecule has 0 radical (unpaired) electrons. The predicted octanol–water partition coefficient (Wildman–Crippen LogP) is 4.40. The van der Waals surface area contributed by atoms with Crippen LogP contribution in [0.3, 0.4) is 0 Å². The van der Waals surface area contributed by atoms with Gasteiger partial charge in [-0.3, -0.25) is 9.79 Å². The number of rotatable bonds is 8. The smallest absolute Gasteiger partial charge is 0.275 e. The number of thiazole rings is 1. The molecule has 0 saturated carbocycles. The average molecular weight is 520 g/mol. The fraction of sp³-hybridized carbons (Fsp3) is 0.192. The summed E-state index contributed by atoms with van der Waals surface area (Å²) < 4.78 is 13.2. The topological polar surface area (TPSA) is 152 Å². The molecule has 0 saturated heterocycles. The van der Waals surface area contributed by atoms with Gasteiger partial charge >= 0.3 is 0 Å². The number of benzene rings is 1. The quantitative estimate of drug-likeness (QED) is 0.153. The molecule has 0 aliphatic carbocycles.